The van der Waals surface area contributed by atoms with Gasteiger partial charge in [-0.1, -0.05) is 57.4 Å². The summed E-state index contributed by atoms with van der Waals surface area (Å²) in [6.45, 7) is 6.38. The molecular formula is C14H24N2OS. The van der Waals surface area contributed by atoms with Crippen molar-refractivity contribution in [2.75, 3.05) is 0 Å². The van der Waals surface area contributed by atoms with Gasteiger partial charge in [0.1, 0.15) is 0 Å². The van der Waals surface area contributed by atoms with Crippen molar-refractivity contribution in [1.82, 2.24) is 9.59 Å². The van der Waals surface area contributed by atoms with Gasteiger partial charge in [-0.25, -0.2) is 0 Å². The molecule has 1 saturated carbocycles. The van der Waals surface area contributed by atoms with Gasteiger partial charge < -0.3 is 5.11 Å². The van der Waals surface area contributed by atoms with Gasteiger partial charge >= 0.3 is 0 Å². The second-order valence-electron chi connectivity index (χ2n) is 6.49. The number of hydrogen-bond donors (Lipinski definition) is 1. The maximum absolute atomic E-state index is 10.4. The largest absolute Gasteiger partial charge is 0.387 e. The molecule has 1 heterocycles. The lowest BCUT2D eigenvalue weighted by molar-refractivity contribution is 0.132. The van der Waals surface area contributed by atoms with E-state index in [1.807, 2.05) is 0 Å². The van der Waals surface area contributed by atoms with Crippen molar-refractivity contribution >= 4 is 11.5 Å². The molecule has 2 rings (SSSR count). The summed E-state index contributed by atoms with van der Waals surface area (Å²) >= 11 is 1.36. The number of nitrogens with zero attached hydrogens (tertiary/aromatic N) is 2. The first-order chi connectivity index (χ1) is 8.48. The molecule has 1 aromatic heterocycles. The maximum Gasteiger partial charge on any atom is 0.0920 e. The molecule has 3 nitrogen and oxygen atoms in total. The minimum Gasteiger partial charge on any atom is -0.387 e. The predicted octanol–water partition coefficient (Wildman–Crippen LogP) is 3.84. The van der Waals surface area contributed by atoms with E-state index in [0.717, 1.165) is 17.0 Å². The number of aliphatic hydroxyl groups is 1. The Morgan fingerprint density at radius 2 is 1.94 bits per heavy atom. The third kappa shape index (κ3) is 3.29. The van der Waals surface area contributed by atoms with Crippen LogP contribution in [-0.4, -0.2) is 14.7 Å². The molecule has 1 atom stereocenters. The molecule has 0 radical (unpaired) electrons. The van der Waals surface area contributed by atoms with Crippen LogP contribution in [0.2, 0.25) is 0 Å². The highest BCUT2D eigenvalue weighted by Crippen LogP contribution is 2.36. The Morgan fingerprint density at radius 1 is 1.28 bits per heavy atom. The summed E-state index contributed by atoms with van der Waals surface area (Å²) in [6.07, 6.45) is 7.06. The molecule has 0 spiro atoms. The smallest absolute Gasteiger partial charge is 0.0920 e. The Labute approximate surface area is 114 Å². The van der Waals surface area contributed by atoms with Crippen LogP contribution in [0.25, 0.3) is 0 Å². The fourth-order valence-electron chi connectivity index (χ4n) is 2.78. The van der Waals surface area contributed by atoms with Crippen molar-refractivity contribution in [3.63, 3.8) is 0 Å². The quantitative estimate of drug-likeness (QED) is 0.906. The van der Waals surface area contributed by atoms with Crippen molar-refractivity contribution in [2.45, 2.75) is 70.8 Å². The molecule has 0 aliphatic heterocycles. The molecule has 1 aromatic rings. The molecule has 1 aliphatic carbocycles. The van der Waals surface area contributed by atoms with Gasteiger partial charge in [-0.2, -0.15) is 0 Å². The van der Waals surface area contributed by atoms with Crippen LogP contribution in [-0.2, 0) is 5.41 Å². The van der Waals surface area contributed by atoms with Gasteiger partial charge in [0.25, 0.3) is 0 Å². The average Bonchev–Trinajstić information content (AvgIpc) is 2.79. The minimum absolute atomic E-state index is 0.0319. The molecule has 102 valence electrons. The zero-order valence-corrected chi connectivity index (χ0v) is 12.5. The van der Waals surface area contributed by atoms with E-state index in [-0.39, 0.29) is 11.5 Å². The molecule has 0 saturated heterocycles. The first-order valence-corrected chi connectivity index (χ1v) is 7.76. The predicted molar refractivity (Wildman–Crippen MR) is 74.8 cm³/mol. The van der Waals surface area contributed by atoms with Gasteiger partial charge in [0.2, 0.25) is 0 Å². The summed E-state index contributed by atoms with van der Waals surface area (Å²) in [5, 5.41) is 14.6. The molecule has 1 unspecified atom stereocenters. The highest BCUT2D eigenvalue weighted by Gasteiger charge is 2.28. The zero-order chi connectivity index (χ0) is 13.2. The van der Waals surface area contributed by atoms with Crippen LogP contribution in [0.15, 0.2) is 0 Å². The first kappa shape index (κ1) is 13.9. The molecular weight excluding hydrogens is 244 g/mol. The van der Waals surface area contributed by atoms with Crippen molar-refractivity contribution in [2.24, 2.45) is 5.92 Å². The van der Waals surface area contributed by atoms with Gasteiger partial charge in [0.05, 0.1) is 16.7 Å². The van der Waals surface area contributed by atoms with Gasteiger partial charge in [-0.3, -0.25) is 0 Å². The normalized spacial score (nSPS) is 20.0. The lowest BCUT2D eigenvalue weighted by atomic mass is 9.83. The van der Waals surface area contributed by atoms with E-state index in [4.69, 9.17) is 0 Å². The summed E-state index contributed by atoms with van der Waals surface area (Å²) in [6, 6.07) is 0. The topological polar surface area (TPSA) is 46.0 Å². The van der Waals surface area contributed by atoms with Crippen LogP contribution in [0.3, 0.4) is 0 Å². The average molecular weight is 268 g/mol. The fraction of sp³-hybridized carbons (Fsp3) is 0.857. The molecule has 1 fully saturated rings. The highest BCUT2D eigenvalue weighted by molar-refractivity contribution is 7.05. The Bertz CT molecular complexity index is 377. The van der Waals surface area contributed by atoms with Crippen LogP contribution in [0.5, 0.6) is 0 Å². The first-order valence-electron chi connectivity index (χ1n) is 6.99. The summed E-state index contributed by atoms with van der Waals surface area (Å²) in [5.74, 6) is 0.684. The molecule has 1 N–H and O–H groups in total. The Balaban J connectivity index is 2.04. The van der Waals surface area contributed by atoms with E-state index in [1.165, 1.54) is 43.6 Å². The Morgan fingerprint density at radius 3 is 2.56 bits per heavy atom. The van der Waals surface area contributed by atoms with Crippen LogP contribution < -0.4 is 0 Å². The van der Waals surface area contributed by atoms with Crippen LogP contribution in [0.1, 0.15) is 76.0 Å². The van der Waals surface area contributed by atoms with E-state index in [1.54, 1.807) is 0 Å². The van der Waals surface area contributed by atoms with E-state index in [2.05, 4.69) is 30.4 Å². The van der Waals surface area contributed by atoms with E-state index >= 15 is 0 Å². The maximum atomic E-state index is 10.4. The number of hydrogen-bond acceptors (Lipinski definition) is 4. The van der Waals surface area contributed by atoms with Gasteiger partial charge in [0, 0.05) is 5.41 Å². The Kier molecular flexibility index (Phi) is 4.38. The second-order valence-corrected chi connectivity index (χ2v) is 7.28. The minimum atomic E-state index is -0.373. The second kappa shape index (κ2) is 5.66. The fourth-order valence-corrected chi connectivity index (χ4v) is 3.64. The van der Waals surface area contributed by atoms with Gasteiger partial charge in [-0.15, -0.1) is 5.10 Å². The van der Waals surface area contributed by atoms with Crippen molar-refractivity contribution in [3.8, 4) is 0 Å². The van der Waals surface area contributed by atoms with Crippen LogP contribution in [0.4, 0.5) is 0 Å². The molecule has 18 heavy (non-hydrogen) atoms. The van der Waals surface area contributed by atoms with E-state index in [0.29, 0.717) is 5.92 Å². The third-order valence-electron chi connectivity index (χ3n) is 3.81. The third-order valence-corrected chi connectivity index (χ3v) is 4.63. The standard InChI is InChI=1S/C14H24N2OS/c1-14(2,3)13-12(18-16-15-13)11(17)9-10-7-5-4-6-8-10/h10-11,17H,4-9H2,1-3H3. The summed E-state index contributed by atoms with van der Waals surface area (Å²) in [5.41, 5.74) is 0.936. The Hall–Kier alpha value is -0.480. The monoisotopic (exact) mass is 268 g/mol. The highest BCUT2D eigenvalue weighted by atomic mass is 32.1. The van der Waals surface area contributed by atoms with Crippen LogP contribution >= 0.6 is 11.5 Å². The molecule has 0 amide bonds. The SMILES string of the molecule is CC(C)(C)c1nnsc1C(O)CC1CCCCC1. The molecule has 0 bridgehead atoms. The summed E-state index contributed by atoms with van der Waals surface area (Å²) in [7, 11) is 0. The molecule has 1 aliphatic rings. The van der Waals surface area contributed by atoms with Crippen molar-refractivity contribution in [3.05, 3.63) is 10.6 Å². The molecule has 0 aromatic carbocycles. The van der Waals surface area contributed by atoms with Crippen molar-refractivity contribution < 1.29 is 5.11 Å². The number of aromatic nitrogens is 2. The lowest BCUT2D eigenvalue weighted by Crippen LogP contribution is -2.17. The van der Waals surface area contributed by atoms with Gasteiger partial charge in [0.15, 0.2) is 0 Å². The molecule has 4 heteroatoms. The zero-order valence-electron chi connectivity index (χ0n) is 11.6. The summed E-state index contributed by atoms with van der Waals surface area (Å²) in [4.78, 5) is 0.980. The van der Waals surface area contributed by atoms with Crippen molar-refractivity contribution in [1.29, 1.82) is 0 Å². The van der Waals surface area contributed by atoms with E-state index < -0.39 is 0 Å². The summed E-state index contributed by atoms with van der Waals surface area (Å²) < 4.78 is 4.03. The number of aliphatic hydroxyl groups excluding tert-OH is 1. The van der Waals surface area contributed by atoms with Gasteiger partial charge in [-0.05, 0) is 23.9 Å². The van der Waals surface area contributed by atoms with Crippen LogP contribution in [0, 0.1) is 5.92 Å². The lowest BCUT2D eigenvalue weighted by Gasteiger charge is -2.25. The van der Waals surface area contributed by atoms with E-state index in [9.17, 15) is 5.11 Å². The number of rotatable bonds is 3.